The quantitative estimate of drug-likeness (QED) is 0.254. The Balaban J connectivity index is 1.38. The minimum absolute atomic E-state index is 0.125. The molecule has 4 heteroatoms. The molecule has 0 bridgehead atoms. The van der Waals surface area contributed by atoms with Crippen molar-refractivity contribution in [1.29, 1.82) is 0 Å². The van der Waals surface area contributed by atoms with E-state index in [1.54, 1.807) is 0 Å². The van der Waals surface area contributed by atoms with Crippen molar-refractivity contribution in [3.63, 3.8) is 0 Å². The van der Waals surface area contributed by atoms with E-state index in [4.69, 9.17) is 4.74 Å². The molecule has 1 N–H and O–H groups in total. The Morgan fingerprint density at radius 2 is 1.72 bits per heavy atom. The molecule has 0 radical (unpaired) electrons. The SMILES string of the molecule is COC(=O)CCCN[C@@H]1CC[C@]2(C)C3CC[C@@]4(C)C(CC[C@@H]4[C@H](C)CCCC(C)C)C3C(=O)C[C@H]2C1. The molecule has 0 saturated heterocycles. The van der Waals surface area contributed by atoms with Crippen LogP contribution in [0, 0.1) is 52.3 Å². The molecule has 0 aliphatic heterocycles. The summed E-state index contributed by atoms with van der Waals surface area (Å²) in [6.45, 7) is 13.2. The number of fused-ring (bicyclic) bond motifs is 5. The lowest BCUT2D eigenvalue weighted by molar-refractivity contribution is -0.157. The first-order valence-electron chi connectivity index (χ1n) is 15.4. The summed E-state index contributed by atoms with van der Waals surface area (Å²) in [5.41, 5.74) is 0.695. The van der Waals surface area contributed by atoms with Gasteiger partial charge in [0.1, 0.15) is 5.78 Å². The molecule has 0 aromatic carbocycles. The van der Waals surface area contributed by atoms with Gasteiger partial charge in [-0.05, 0) is 104 Å². The summed E-state index contributed by atoms with van der Waals surface area (Å²) in [4.78, 5) is 25.2. The van der Waals surface area contributed by atoms with Gasteiger partial charge in [0.15, 0.2) is 0 Å². The van der Waals surface area contributed by atoms with E-state index in [0.717, 1.165) is 43.6 Å². The number of nitrogens with one attached hydrogen (secondary N) is 1. The number of rotatable bonds is 10. The molecule has 4 aliphatic carbocycles. The lowest BCUT2D eigenvalue weighted by Crippen LogP contribution is -2.58. The van der Waals surface area contributed by atoms with Crippen molar-refractivity contribution in [2.24, 2.45) is 52.3 Å². The minimum atomic E-state index is -0.125. The molecule has 4 aliphatic rings. The van der Waals surface area contributed by atoms with Crippen LogP contribution in [0.1, 0.15) is 118 Å². The molecule has 36 heavy (non-hydrogen) atoms. The molecule has 0 amide bonds. The van der Waals surface area contributed by atoms with E-state index >= 15 is 0 Å². The molecule has 4 rings (SSSR count). The highest BCUT2D eigenvalue weighted by atomic mass is 16.5. The molecule has 206 valence electrons. The van der Waals surface area contributed by atoms with E-state index in [-0.39, 0.29) is 5.97 Å². The topological polar surface area (TPSA) is 55.4 Å². The summed E-state index contributed by atoms with van der Waals surface area (Å²) in [7, 11) is 1.46. The first-order chi connectivity index (χ1) is 17.1. The van der Waals surface area contributed by atoms with Gasteiger partial charge < -0.3 is 10.1 Å². The smallest absolute Gasteiger partial charge is 0.305 e. The number of esters is 1. The summed E-state index contributed by atoms with van der Waals surface area (Å²) in [6.07, 6.45) is 15.0. The number of hydrogen-bond donors (Lipinski definition) is 1. The van der Waals surface area contributed by atoms with Crippen molar-refractivity contribution < 1.29 is 14.3 Å². The van der Waals surface area contributed by atoms with Crippen molar-refractivity contribution in [3.8, 4) is 0 Å². The Kier molecular flexibility index (Phi) is 8.95. The van der Waals surface area contributed by atoms with Crippen LogP contribution in [0.5, 0.6) is 0 Å². The zero-order valence-electron chi connectivity index (χ0n) is 24.2. The van der Waals surface area contributed by atoms with Crippen molar-refractivity contribution in [2.45, 2.75) is 124 Å². The van der Waals surface area contributed by atoms with Crippen LogP contribution in [0.3, 0.4) is 0 Å². The minimum Gasteiger partial charge on any atom is -0.469 e. The van der Waals surface area contributed by atoms with Crippen LogP contribution in [0.2, 0.25) is 0 Å². The molecule has 0 aromatic rings. The third-order valence-electron chi connectivity index (χ3n) is 11.9. The molecule has 4 fully saturated rings. The number of hydrogen-bond acceptors (Lipinski definition) is 4. The lowest BCUT2D eigenvalue weighted by Gasteiger charge is -2.60. The van der Waals surface area contributed by atoms with E-state index in [2.05, 4.69) is 39.9 Å². The second kappa shape index (κ2) is 11.5. The molecule has 9 atom stereocenters. The number of carbonyl (C=O) groups is 2. The Morgan fingerprint density at radius 3 is 2.44 bits per heavy atom. The van der Waals surface area contributed by atoms with Gasteiger partial charge in [-0.15, -0.1) is 0 Å². The summed E-state index contributed by atoms with van der Waals surface area (Å²) >= 11 is 0. The number of carbonyl (C=O) groups excluding carboxylic acids is 2. The maximum Gasteiger partial charge on any atom is 0.305 e. The standard InChI is InChI=1S/C32H55NO3/c1-21(2)9-7-10-22(3)25-12-13-26-30-27(15-17-32(25,26)5)31(4)16-14-24(19-23(31)20-28(30)34)33-18-8-11-29(35)36-6/h21-27,30,33H,7-20H2,1-6H3/t22-,23-,24-,25-,26?,27?,30?,31+,32-/m1/s1. The number of ketones is 1. The van der Waals surface area contributed by atoms with E-state index in [1.807, 2.05) is 0 Å². The average molecular weight is 502 g/mol. The van der Waals surface area contributed by atoms with Gasteiger partial charge >= 0.3 is 5.97 Å². The Labute approximate surface area is 221 Å². The lowest BCUT2D eigenvalue weighted by atomic mass is 9.44. The molecule has 3 unspecified atom stereocenters. The van der Waals surface area contributed by atoms with Crippen molar-refractivity contribution in [1.82, 2.24) is 5.32 Å². The van der Waals surface area contributed by atoms with Crippen molar-refractivity contribution in [3.05, 3.63) is 0 Å². The van der Waals surface area contributed by atoms with Crippen molar-refractivity contribution >= 4 is 11.8 Å². The van der Waals surface area contributed by atoms with Crippen LogP contribution in [0.15, 0.2) is 0 Å². The van der Waals surface area contributed by atoms with Gasteiger partial charge in [0.05, 0.1) is 7.11 Å². The zero-order chi connectivity index (χ0) is 26.1. The van der Waals surface area contributed by atoms with Gasteiger partial charge in [0, 0.05) is 24.8 Å². The van der Waals surface area contributed by atoms with Gasteiger partial charge in [-0.3, -0.25) is 9.59 Å². The fourth-order valence-electron chi connectivity index (χ4n) is 9.78. The molecular formula is C32H55NO3. The molecular weight excluding hydrogens is 446 g/mol. The van der Waals surface area contributed by atoms with E-state index in [0.29, 0.717) is 52.7 Å². The fraction of sp³-hybridized carbons (Fsp3) is 0.938. The van der Waals surface area contributed by atoms with Gasteiger partial charge in [-0.2, -0.15) is 0 Å². The maximum absolute atomic E-state index is 13.8. The monoisotopic (exact) mass is 501 g/mol. The zero-order valence-corrected chi connectivity index (χ0v) is 24.2. The summed E-state index contributed by atoms with van der Waals surface area (Å²) in [5.74, 6) is 4.94. The van der Waals surface area contributed by atoms with Crippen LogP contribution in [-0.4, -0.2) is 31.4 Å². The summed E-state index contributed by atoms with van der Waals surface area (Å²) < 4.78 is 4.77. The fourth-order valence-corrected chi connectivity index (χ4v) is 9.78. The van der Waals surface area contributed by atoms with Crippen LogP contribution >= 0.6 is 0 Å². The highest BCUT2D eigenvalue weighted by Gasteiger charge is 2.63. The largest absolute Gasteiger partial charge is 0.469 e. The Bertz CT molecular complexity index is 779. The molecule has 0 aromatic heterocycles. The third-order valence-corrected chi connectivity index (χ3v) is 11.9. The highest BCUT2D eigenvalue weighted by molar-refractivity contribution is 5.83. The summed E-state index contributed by atoms with van der Waals surface area (Å²) in [6, 6.07) is 0.487. The van der Waals surface area contributed by atoms with Gasteiger partial charge in [-0.25, -0.2) is 0 Å². The van der Waals surface area contributed by atoms with E-state index in [9.17, 15) is 9.59 Å². The maximum atomic E-state index is 13.8. The van der Waals surface area contributed by atoms with E-state index in [1.165, 1.54) is 64.9 Å². The second-order valence-electron chi connectivity index (χ2n) is 14.2. The third kappa shape index (κ3) is 5.45. The summed E-state index contributed by atoms with van der Waals surface area (Å²) in [5, 5.41) is 3.70. The van der Waals surface area contributed by atoms with Crippen molar-refractivity contribution in [2.75, 3.05) is 13.7 Å². The van der Waals surface area contributed by atoms with Gasteiger partial charge in [-0.1, -0.05) is 53.9 Å². The normalized spacial score (nSPS) is 40.9. The van der Waals surface area contributed by atoms with Crippen LogP contribution in [0.4, 0.5) is 0 Å². The number of Topliss-reactive ketones (excluding diaryl/α,β-unsaturated/α-hetero) is 1. The first kappa shape index (κ1) is 28.1. The molecule has 0 heterocycles. The Morgan fingerprint density at radius 1 is 1.00 bits per heavy atom. The molecule has 4 nitrogen and oxygen atoms in total. The second-order valence-corrected chi connectivity index (χ2v) is 14.2. The number of methoxy groups -OCH3 is 1. The predicted octanol–water partition coefficient (Wildman–Crippen LogP) is 7.20. The average Bonchev–Trinajstić information content (AvgIpc) is 3.19. The Hall–Kier alpha value is -0.900. The predicted molar refractivity (Wildman–Crippen MR) is 147 cm³/mol. The van der Waals surface area contributed by atoms with Gasteiger partial charge in [0.2, 0.25) is 0 Å². The molecule has 4 saturated carbocycles. The highest BCUT2D eigenvalue weighted by Crippen LogP contribution is 2.67. The number of ether oxygens (including phenoxy) is 1. The van der Waals surface area contributed by atoms with E-state index < -0.39 is 0 Å². The van der Waals surface area contributed by atoms with Crippen LogP contribution in [0.25, 0.3) is 0 Å². The van der Waals surface area contributed by atoms with Gasteiger partial charge in [0.25, 0.3) is 0 Å². The van der Waals surface area contributed by atoms with Crippen LogP contribution < -0.4 is 5.32 Å². The molecule has 0 spiro atoms. The van der Waals surface area contributed by atoms with Crippen LogP contribution in [-0.2, 0) is 14.3 Å². The first-order valence-corrected chi connectivity index (χ1v) is 15.4.